The summed E-state index contributed by atoms with van der Waals surface area (Å²) < 4.78 is 5.93. The highest BCUT2D eigenvalue weighted by Gasteiger charge is 2.22. The molecule has 1 aromatic heterocycles. The summed E-state index contributed by atoms with van der Waals surface area (Å²) in [6, 6.07) is 21.4. The Kier molecular flexibility index (Phi) is 5.90. The van der Waals surface area contributed by atoms with Gasteiger partial charge in [-0.15, -0.1) is 0 Å². The van der Waals surface area contributed by atoms with Crippen molar-refractivity contribution in [2.75, 3.05) is 25.0 Å². The van der Waals surface area contributed by atoms with Gasteiger partial charge >= 0.3 is 0 Å². The molecule has 0 saturated carbocycles. The monoisotopic (exact) mass is 361 g/mol. The second-order valence-corrected chi connectivity index (χ2v) is 6.57. The first-order chi connectivity index (χ1) is 13.1. The maximum Gasteiger partial charge on any atom is 0.241 e. The maximum absolute atomic E-state index is 12.9. The quantitative estimate of drug-likeness (QED) is 0.627. The van der Waals surface area contributed by atoms with Crippen LogP contribution in [0.25, 0.3) is 11.0 Å². The van der Waals surface area contributed by atoms with E-state index in [0.29, 0.717) is 13.0 Å². The molecule has 27 heavy (non-hydrogen) atoms. The number of furan rings is 1. The van der Waals surface area contributed by atoms with Crippen LogP contribution in [0.3, 0.4) is 0 Å². The number of carbonyl (C=O) groups is 1. The van der Waals surface area contributed by atoms with E-state index in [2.05, 4.69) is 6.07 Å². The van der Waals surface area contributed by atoms with E-state index in [1.165, 1.54) is 0 Å². The number of fused-ring (bicyclic) bond motifs is 1. The van der Waals surface area contributed by atoms with Crippen LogP contribution in [0.1, 0.15) is 25.1 Å². The van der Waals surface area contributed by atoms with Crippen LogP contribution >= 0.6 is 0 Å². The Hall–Kier alpha value is -3.10. The third-order valence-electron chi connectivity index (χ3n) is 4.72. The first-order valence-corrected chi connectivity index (χ1v) is 9.01. The van der Waals surface area contributed by atoms with E-state index in [9.17, 15) is 4.79 Å². The van der Waals surface area contributed by atoms with E-state index in [-0.39, 0.29) is 18.5 Å². The van der Waals surface area contributed by atoms with Crippen LogP contribution in [-0.4, -0.2) is 30.9 Å². The summed E-state index contributed by atoms with van der Waals surface area (Å²) in [6.07, 6.45) is 0.295. The molecule has 1 atom stereocenters. The zero-order chi connectivity index (χ0) is 19.2. The van der Waals surface area contributed by atoms with Gasteiger partial charge in [0.05, 0.1) is 25.1 Å². The lowest BCUT2D eigenvalue weighted by atomic mass is 10.2. The Morgan fingerprint density at radius 1 is 1.15 bits per heavy atom. The van der Waals surface area contributed by atoms with Crippen molar-refractivity contribution in [2.45, 2.75) is 19.4 Å². The fraction of sp³-hybridized carbons (Fsp3) is 0.273. The van der Waals surface area contributed by atoms with Gasteiger partial charge in [-0.25, -0.2) is 0 Å². The molecule has 0 bridgehead atoms. The molecule has 5 heteroatoms. The van der Waals surface area contributed by atoms with Crippen molar-refractivity contribution in [1.82, 2.24) is 4.90 Å². The Bertz CT molecular complexity index is 910. The zero-order valence-corrected chi connectivity index (χ0v) is 15.6. The molecule has 0 saturated heterocycles. The van der Waals surface area contributed by atoms with Gasteiger partial charge in [0.25, 0.3) is 0 Å². The number of benzene rings is 2. The number of nitrogens with zero attached hydrogens (tertiary/aromatic N) is 3. The standard InChI is InChI=1S/C22H23N3O2/c1-17(21-15-18-9-6-7-12-20(18)27-21)24(2)16-22(26)25(14-8-13-23)19-10-4-3-5-11-19/h3-7,9-12,15,17H,8,14,16H2,1-2H3. The van der Waals surface area contributed by atoms with Crippen LogP contribution in [0.15, 0.2) is 65.1 Å². The Balaban J connectivity index is 1.73. The van der Waals surface area contributed by atoms with E-state index in [0.717, 1.165) is 22.4 Å². The van der Waals surface area contributed by atoms with Crippen molar-refractivity contribution in [3.8, 4) is 6.07 Å². The van der Waals surface area contributed by atoms with Crippen LogP contribution in [-0.2, 0) is 4.79 Å². The Labute approximate surface area is 159 Å². The molecule has 1 heterocycles. The van der Waals surface area contributed by atoms with Crippen LogP contribution in [0.2, 0.25) is 0 Å². The molecule has 0 N–H and O–H groups in total. The minimum absolute atomic E-state index is 0.0399. The van der Waals surface area contributed by atoms with Gasteiger partial charge in [0.15, 0.2) is 0 Å². The van der Waals surface area contributed by atoms with Crippen molar-refractivity contribution >= 4 is 22.6 Å². The minimum Gasteiger partial charge on any atom is -0.459 e. The topological polar surface area (TPSA) is 60.5 Å². The average Bonchev–Trinajstić information content (AvgIpc) is 3.12. The first kappa shape index (κ1) is 18.7. The molecule has 2 aromatic carbocycles. The summed E-state index contributed by atoms with van der Waals surface area (Å²) in [5, 5.41) is 9.98. The molecule has 1 unspecified atom stereocenters. The van der Waals surface area contributed by atoms with E-state index < -0.39 is 0 Å². The summed E-state index contributed by atoms with van der Waals surface area (Å²) in [4.78, 5) is 16.5. The van der Waals surface area contributed by atoms with Crippen LogP contribution in [0.4, 0.5) is 5.69 Å². The average molecular weight is 361 g/mol. The molecule has 5 nitrogen and oxygen atoms in total. The number of hydrogen-bond donors (Lipinski definition) is 0. The number of rotatable bonds is 7. The predicted octanol–water partition coefficient (Wildman–Crippen LogP) is 4.37. The lowest BCUT2D eigenvalue weighted by Gasteiger charge is -2.27. The summed E-state index contributed by atoms with van der Waals surface area (Å²) in [5.41, 5.74) is 1.65. The lowest BCUT2D eigenvalue weighted by molar-refractivity contribution is -0.119. The fourth-order valence-corrected chi connectivity index (χ4v) is 3.03. The Morgan fingerprint density at radius 3 is 2.56 bits per heavy atom. The lowest BCUT2D eigenvalue weighted by Crippen LogP contribution is -2.40. The number of nitriles is 1. The van der Waals surface area contributed by atoms with Crippen molar-refractivity contribution in [3.63, 3.8) is 0 Å². The van der Waals surface area contributed by atoms with E-state index in [1.807, 2.05) is 79.5 Å². The van der Waals surface area contributed by atoms with Gasteiger partial charge in [-0.3, -0.25) is 9.69 Å². The second kappa shape index (κ2) is 8.52. The highest BCUT2D eigenvalue weighted by Crippen LogP contribution is 2.26. The van der Waals surface area contributed by atoms with Gasteiger partial charge in [0.1, 0.15) is 11.3 Å². The molecule has 3 aromatic rings. The summed E-state index contributed by atoms with van der Waals surface area (Å²) in [6.45, 7) is 2.64. The van der Waals surface area contributed by atoms with Crippen molar-refractivity contribution in [1.29, 1.82) is 5.26 Å². The molecule has 0 spiro atoms. The third-order valence-corrected chi connectivity index (χ3v) is 4.72. The highest BCUT2D eigenvalue weighted by atomic mass is 16.3. The fourth-order valence-electron chi connectivity index (χ4n) is 3.03. The predicted molar refractivity (Wildman–Crippen MR) is 106 cm³/mol. The second-order valence-electron chi connectivity index (χ2n) is 6.57. The molecule has 138 valence electrons. The van der Waals surface area contributed by atoms with Gasteiger partial charge in [-0.2, -0.15) is 5.26 Å². The molecule has 0 aliphatic rings. The summed E-state index contributed by atoms with van der Waals surface area (Å²) >= 11 is 0. The zero-order valence-electron chi connectivity index (χ0n) is 15.6. The van der Waals surface area contributed by atoms with E-state index in [4.69, 9.17) is 9.68 Å². The smallest absolute Gasteiger partial charge is 0.241 e. The summed E-state index contributed by atoms with van der Waals surface area (Å²) in [7, 11) is 1.91. The van der Waals surface area contributed by atoms with Gasteiger partial charge in [0.2, 0.25) is 5.91 Å². The molecular weight excluding hydrogens is 338 g/mol. The molecule has 0 aliphatic carbocycles. The van der Waals surface area contributed by atoms with E-state index in [1.54, 1.807) is 4.90 Å². The number of carbonyl (C=O) groups excluding carboxylic acids is 1. The van der Waals surface area contributed by atoms with Gasteiger partial charge in [-0.1, -0.05) is 36.4 Å². The minimum atomic E-state index is -0.0464. The van der Waals surface area contributed by atoms with Crippen molar-refractivity contribution in [2.24, 2.45) is 0 Å². The number of hydrogen-bond acceptors (Lipinski definition) is 4. The highest BCUT2D eigenvalue weighted by molar-refractivity contribution is 5.94. The SMILES string of the molecule is CC(c1cc2ccccc2o1)N(C)CC(=O)N(CCC#N)c1ccccc1. The number of para-hydroxylation sites is 2. The number of amides is 1. The number of anilines is 1. The first-order valence-electron chi connectivity index (χ1n) is 9.01. The van der Waals surface area contributed by atoms with Crippen LogP contribution in [0.5, 0.6) is 0 Å². The van der Waals surface area contributed by atoms with Crippen molar-refractivity contribution in [3.05, 3.63) is 66.4 Å². The van der Waals surface area contributed by atoms with Gasteiger partial charge in [0, 0.05) is 17.6 Å². The largest absolute Gasteiger partial charge is 0.459 e. The molecular formula is C22H23N3O2. The van der Waals surface area contributed by atoms with Crippen molar-refractivity contribution < 1.29 is 9.21 Å². The Morgan fingerprint density at radius 2 is 1.85 bits per heavy atom. The molecule has 0 radical (unpaired) electrons. The maximum atomic E-state index is 12.9. The molecule has 1 amide bonds. The normalized spacial score (nSPS) is 12.1. The summed E-state index contributed by atoms with van der Waals surface area (Å²) in [5.74, 6) is 0.789. The van der Waals surface area contributed by atoms with Crippen LogP contribution < -0.4 is 4.90 Å². The molecule has 0 fully saturated rings. The van der Waals surface area contributed by atoms with Gasteiger partial charge < -0.3 is 9.32 Å². The molecule has 3 rings (SSSR count). The van der Waals surface area contributed by atoms with Gasteiger partial charge in [-0.05, 0) is 38.2 Å². The number of likely N-dealkylation sites (N-methyl/N-ethyl adjacent to an activating group) is 1. The third kappa shape index (κ3) is 4.36. The van der Waals surface area contributed by atoms with E-state index >= 15 is 0 Å². The van der Waals surface area contributed by atoms with Crippen LogP contribution in [0, 0.1) is 11.3 Å². The molecule has 0 aliphatic heterocycles.